The molecule has 0 aliphatic carbocycles. The lowest BCUT2D eigenvalue weighted by Crippen LogP contribution is -2.12. The van der Waals surface area contributed by atoms with Gasteiger partial charge < -0.3 is 5.11 Å². The van der Waals surface area contributed by atoms with Gasteiger partial charge in [-0.15, -0.1) is 0 Å². The van der Waals surface area contributed by atoms with Crippen LogP contribution in [0.5, 0.6) is 0 Å². The minimum absolute atomic E-state index is 0.0615. The molecule has 0 heterocycles. The Hall–Kier alpha value is -0.690. The van der Waals surface area contributed by atoms with E-state index < -0.39 is 5.97 Å². The number of carboxylic acid groups (broad SMARTS) is 1. The fraction of sp³-hybridized carbons (Fsp3) is 0.167. The van der Waals surface area contributed by atoms with E-state index in [2.05, 4.69) is 38.5 Å². The number of Topliss-reactive ketones (excluding diaryl/α,β-unsaturated/α-hetero) is 1. The molecule has 1 N–H and O–H groups in total. The monoisotopic (exact) mass is 408 g/mol. The minimum atomic E-state index is -1.03. The number of halogens is 2. The van der Waals surface area contributed by atoms with Crippen LogP contribution in [0.2, 0.25) is 0 Å². The molecule has 0 bridgehead atoms. The van der Waals surface area contributed by atoms with E-state index in [1.54, 1.807) is 19.1 Å². The molecule has 0 spiro atoms. The van der Waals surface area contributed by atoms with Crippen LogP contribution < -0.4 is 0 Å². The number of benzene rings is 1. The summed E-state index contributed by atoms with van der Waals surface area (Å²) in [6.45, 7) is 1.74. The summed E-state index contributed by atoms with van der Waals surface area (Å²) < 4.78 is 0.846. The van der Waals surface area contributed by atoms with E-state index in [4.69, 9.17) is 5.11 Å². The van der Waals surface area contributed by atoms with E-state index in [0.29, 0.717) is 11.1 Å². The third-order valence-electron chi connectivity index (χ3n) is 2.07. The van der Waals surface area contributed by atoms with Crippen molar-refractivity contribution in [2.75, 3.05) is 0 Å². The zero-order valence-corrected chi connectivity index (χ0v) is 12.7. The number of hydrogen-bond acceptors (Lipinski definition) is 2. The van der Waals surface area contributed by atoms with Gasteiger partial charge >= 0.3 is 5.97 Å². The Morgan fingerprint density at radius 1 is 1.47 bits per heavy atom. The molecule has 0 fully saturated rings. The molecule has 0 saturated heterocycles. The van der Waals surface area contributed by atoms with Gasteiger partial charge in [0, 0.05) is 15.2 Å². The molecule has 1 aromatic carbocycles. The van der Waals surface area contributed by atoms with Crippen LogP contribution >= 0.6 is 38.5 Å². The van der Waals surface area contributed by atoms with Crippen molar-refractivity contribution in [1.29, 1.82) is 0 Å². The zero-order valence-electron chi connectivity index (χ0n) is 8.98. The topological polar surface area (TPSA) is 54.4 Å². The van der Waals surface area contributed by atoms with Gasteiger partial charge in [0.05, 0.1) is 4.83 Å². The SMILES string of the molecule is CC(Br)C(=O)c1cccc(I)c1C=CC(=O)O. The first-order chi connectivity index (χ1) is 7.93. The fourth-order valence-corrected chi connectivity index (χ4v) is 2.21. The first-order valence-electron chi connectivity index (χ1n) is 4.81. The summed E-state index contributed by atoms with van der Waals surface area (Å²) in [5.74, 6) is -1.09. The molecule has 1 atom stereocenters. The van der Waals surface area contributed by atoms with Crippen molar-refractivity contribution in [2.24, 2.45) is 0 Å². The van der Waals surface area contributed by atoms with E-state index in [1.807, 2.05) is 6.07 Å². The van der Waals surface area contributed by atoms with Gasteiger partial charge in [-0.3, -0.25) is 4.79 Å². The number of carbonyl (C=O) groups is 2. The van der Waals surface area contributed by atoms with E-state index in [0.717, 1.165) is 9.65 Å². The fourth-order valence-electron chi connectivity index (χ4n) is 1.29. The summed E-state index contributed by atoms with van der Waals surface area (Å²) in [5, 5.41) is 8.62. The summed E-state index contributed by atoms with van der Waals surface area (Å²) in [6.07, 6.45) is 2.49. The molecule has 5 heteroatoms. The molecule has 0 aliphatic heterocycles. The van der Waals surface area contributed by atoms with Crippen LogP contribution in [-0.2, 0) is 4.79 Å². The standard InChI is InChI=1S/C12H10BrIO3/c1-7(13)12(17)9-3-2-4-10(14)8(9)5-6-11(15)16/h2-7H,1H3,(H,15,16). The number of ketones is 1. The van der Waals surface area contributed by atoms with Crippen LogP contribution in [0.3, 0.4) is 0 Å². The van der Waals surface area contributed by atoms with Crippen molar-refractivity contribution >= 4 is 56.3 Å². The Balaban J connectivity index is 3.26. The van der Waals surface area contributed by atoms with E-state index in [9.17, 15) is 9.59 Å². The second-order valence-corrected chi connectivity index (χ2v) is 5.89. The second kappa shape index (κ2) is 6.30. The van der Waals surface area contributed by atoms with Gasteiger partial charge in [-0.1, -0.05) is 28.1 Å². The maximum atomic E-state index is 11.9. The predicted octanol–water partition coefficient (Wildman–Crippen LogP) is 3.36. The van der Waals surface area contributed by atoms with Gasteiger partial charge in [0.2, 0.25) is 0 Å². The Labute approximate surface area is 121 Å². The van der Waals surface area contributed by atoms with E-state index in [1.165, 1.54) is 6.08 Å². The summed E-state index contributed by atoms with van der Waals surface area (Å²) in [6, 6.07) is 5.31. The third kappa shape index (κ3) is 3.92. The van der Waals surface area contributed by atoms with Crippen LogP contribution in [0, 0.1) is 3.57 Å². The van der Waals surface area contributed by atoms with Gasteiger partial charge in [-0.2, -0.15) is 0 Å². The normalized spacial score (nSPS) is 12.6. The highest BCUT2D eigenvalue weighted by atomic mass is 127. The summed E-state index contributed by atoms with van der Waals surface area (Å²) in [5.41, 5.74) is 1.17. The molecular weight excluding hydrogens is 399 g/mol. The van der Waals surface area contributed by atoms with Crippen LogP contribution in [0.4, 0.5) is 0 Å². The van der Waals surface area contributed by atoms with Gasteiger partial charge in [0.25, 0.3) is 0 Å². The van der Waals surface area contributed by atoms with Crippen LogP contribution in [0.15, 0.2) is 24.3 Å². The minimum Gasteiger partial charge on any atom is -0.478 e. The van der Waals surface area contributed by atoms with Crippen molar-refractivity contribution in [3.63, 3.8) is 0 Å². The second-order valence-electron chi connectivity index (χ2n) is 3.35. The first-order valence-corrected chi connectivity index (χ1v) is 6.80. The highest BCUT2D eigenvalue weighted by Gasteiger charge is 2.16. The molecule has 1 aromatic rings. The lowest BCUT2D eigenvalue weighted by Gasteiger charge is -2.08. The molecule has 3 nitrogen and oxygen atoms in total. The number of aliphatic carboxylic acids is 1. The highest BCUT2D eigenvalue weighted by Crippen LogP contribution is 2.21. The third-order valence-corrected chi connectivity index (χ3v) is 3.43. The average Bonchev–Trinajstić information content (AvgIpc) is 2.25. The van der Waals surface area contributed by atoms with Crippen molar-refractivity contribution < 1.29 is 14.7 Å². The highest BCUT2D eigenvalue weighted by molar-refractivity contribution is 14.1. The van der Waals surface area contributed by atoms with Crippen molar-refractivity contribution in [3.05, 3.63) is 39.0 Å². The maximum Gasteiger partial charge on any atom is 0.328 e. The summed E-state index contributed by atoms with van der Waals surface area (Å²) in [7, 11) is 0. The molecule has 1 unspecified atom stereocenters. The van der Waals surface area contributed by atoms with Crippen LogP contribution in [0.25, 0.3) is 6.08 Å². The van der Waals surface area contributed by atoms with E-state index >= 15 is 0 Å². The number of rotatable bonds is 4. The quantitative estimate of drug-likeness (QED) is 0.359. The van der Waals surface area contributed by atoms with Crippen molar-refractivity contribution in [3.8, 4) is 0 Å². The molecule has 1 rings (SSSR count). The molecule has 90 valence electrons. The number of alkyl halides is 1. The van der Waals surface area contributed by atoms with Crippen molar-refractivity contribution in [2.45, 2.75) is 11.8 Å². The lowest BCUT2D eigenvalue weighted by atomic mass is 10.0. The molecule has 0 aliphatic rings. The van der Waals surface area contributed by atoms with Crippen molar-refractivity contribution in [1.82, 2.24) is 0 Å². The molecule has 0 radical (unpaired) electrons. The number of carboxylic acids is 1. The molecule has 0 aromatic heterocycles. The van der Waals surface area contributed by atoms with Gasteiger partial charge in [0.1, 0.15) is 0 Å². The lowest BCUT2D eigenvalue weighted by molar-refractivity contribution is -0.131. The van der Waals surface area contributed by atoms with Crippen LogP contribution in [-0.4, -0.2) is 21.7 Å². The first kappa shape index (κ1) is 14.4. The van der Waals surface area contributed by atoms with Gasteiger partial charge in [-0.05, 0) is 47.2 Å². The summed E-state index contributed by atoms with van der Waals surface area (Å²) in [4.78, 5) is 22.2. The Morgan fingerprint density at radius 3 is 2.65 bits per heavy atom. The maximum absolute atomic E-state index is 11.9. The van der Waals surface area contributed by atoms with Gasteiger partial charge in [0.15, 0.2) is 5.78 Å². The zero-order chi connectivity index (χ0) is 13.0. The van der Waals surface area contributed by atoms with E-state index in [-0.39, 0.29) is 10.6 Å². The summed E-state index contributed by atoms with van der Waals surface area (Å²) >= 11 is 5.30. The van der Waals surface area contributed by atoms with Gasteiger partial charge in [-0.25, -0.2) is 4.79 Å². The Kier molecular flexibility index (Phi) is 5.32. The van der Waals surface area contributed by atoms with Crippen LogP contribution in [0.1, 0.15) is 22.8 Å². The number of hydrogen-bond donors (Lipinski definition) is 1. The molecule has 17 heavy (non-hydrogen) atoms. The smallest absolute Gasteiger partial charge is 0.328 e. The molecule has 0 saturated carbocycles. The number of carbonyl (C=O) groups excluding carboxylic acids is 1. The Morgan fingerprint density at radius 2 is 2.12 bits per heavy atom. The average molecular weight is 409 g/mol. The Bertz CT molecular complexity index is 481. The molecule has 0 amide bonds. The largest absolute Gasteiger partial charge is 0.478 e. The predicted molar refractivity (Wildman–Crippen MR) is 78.5 cm³/mol. The molecular formula is C12H10BrIO3.